The third kappa shape index (κ3) is 6.01. The van der Waals surface area contributed by atoms with Gasteiger partial charge in [0, 0.05) is 25.2 Å². The van der Waals surface area contributed by atoms with E-state index in [1.165, 1.54) is 17.7 Å². The Morgan fingerprint density at radius 3 is 2.04 bits per heavy atom. The molecule has 0 radical (unpaired) electrons. The molecule has 26 heavy (non-hydrogen) atoms. The smallest absolute Gasteiger partial charge is 0.335 e. The number of rotatable bonds is 9. The number of carboxylic acid groups (broad SMARTS) is 1. The van der Waals surface area contributed by atoms with Gasteiger partial charge in [0.15, 0.2) is 0 Å². The third-order valence-corrected chi connectivity index (χ3v) is 4.22. The van der Waals surface area contributed by atoms with Crippen molar-refractivity contribution >= 4 is 11.9 Å². The van der Waals surface area contributed by atoms with E-state index in [4.69, 9.17) is 5.11 Å². The largest absolute Gasteiger partial charge is 0.478 e. The van der Waals surface area contributed by atoms with Gasteiger partial charge in [-0.1, -0.05) is 30.3 Å². The Kier molecular flexibility index (Phi) is 7.36. The monoisotopic (exact) mass is 354 g/mol. The van der Waals surface area contributed by atoms with Crippen LogP contribution in [0.1, 0.15) is 32.7 Å². The number of benzene rings is 2. The van der Waals surface area contributed by atoms with Gasteiger partial charge in [-0.05, 0) is 56.8 Å². The van der Waals surface area contributed by atoms with Gasteiger partial charge in [-0.25, -0.2) is 4.79 Å². The lowest BCUT2D eigenvalue weighted by Crippen LogP contribution is -2.37. The molecule has 0 aliphatic carbocycles. The fraction of sp³-hybridized carbons (Fsp3) is 0.333. The van der Waals surface area contributed by atoms with E-state index < -0.39 is 5.97 Å². The molecule has 0 aliphatic heterocycles. The highest BCUT2D eigenvalue weighted by atomic mass is 16.4. The van der Waals surface area contributed by atoms with Crippen LogP contribution in [0.3, 0.4) is 0 Å². The van der Waals surface area contributed by atoms with E-state index in [1.54, 1.807) is 12.1 Å². The normalized spacial score (nSPS) is 10.7. The van der Waals surface area contributed by atoms with Gasteiger partial charge in [-0.3, -0.25) is 4.79 Å². The van der Waals surface area contributed by atoms with Crippen molar-refractivity contribution in [2.75, 3.05) is 33.7 Å². The van der Waals surface area contributed by atoms with E-state index in [0.717, 1.165) is 19.4 Å². The van der Waals surface area contributed by atoms with Crippen LogP contribution in [0.4, 0.5) is 0 Å². The van der Waals surface area contributed by atoms with Gasteiger partial charge in [0.2, 0.25) is 0 Å². The van der Waals surface area contributed by atoms with Gasteiger partial charge >= 0.3 is 5.97 Å². The summed E-state index contributed by atoms with van der Waals surface area (Å²) in [6.45, 7) is 2.09. The predicted octanol–water partition coefficient (Wildman–Crippen LogP) is 3.02. The standard InChI is InChI=1S/C21H26N2O3/c1-22(2)15-16-23(14-6-9-17-7-4-3-5-8-17)20(24)18-10-12-19(13-11-18)21(25)26/h3-5,7-8,10-13H,6,9,14-16H2,1-2H3,(H,25,26). The maximum atomic E-state index is 12.8. The summed E-state index contributed by atoms with van der Waals surface area (Å²) in [7, 11) is 3.96. The fourth-order valence-corrected chi connectivity index (χ4v) is 2.69. The van der Waals surface area contributed by atoms with E-state index in [2.05, 4.69) is 12.1 Å². The Hall–Kier alpha value is -2.66. The summed E-state index contributed by atoms with van der Waals surface area (Å²) in [6.07, 6.45) is 1.81. The number of carbonyl (C=O) groups excluding carboxylic acids is 1. The quantitative estimate of drug-likeness (QED) is 0.752. The van der Waals surface area contributed by atoms with Crippen molar-refractivity contribution in [1.29, 1.82) is 0 Å². The number of hydrogen-bond donors (Lipinski definition) is 1. The summed E-state index contributed by atoms with van der Waals surface area (Å²) >= 11 is 0. The molecule has 0 aliphatic rings. The Morgan fingerprint density at radius 2 is 1.46 bits per heavy atom. The van der Waals surface area contributed by atoms with E-state index in [1.807, 2.05) is 42.1 Å². The summed E-state index contributed by atoms with van der Waals surface area (Å²) in [6, 6.07) is 16.4. The minimum Gasteiger partial charge on any atom is -0.478 e. The Morgan fingerprint density at radius 1 is 0.846 bits per heavy atom. The third-order valence-electron chi connectivity index (χ3n) is 4.22. The molecule has 2 aromatic carbocycles. The number of nitrogens with zero attached hydrogens (tertiary/aromatic N) is 2. The van der Waals surface area contributed by atoms with Gasteiger partial charge in [0.1, 0.15) is 0 Å². The predicted molar refractivity (Wildman–Crippen MR) is 103 cm³/mol. The first-order chi connectivity index (χ1) is 12.5. The number of likely N-dealkylation sites (N-methyl/N-ethyl adjacent to an activating group) is 1. The van der Waals surface area contributed by atoms with Crippen molar-refractivity contribution in [2.24, 2.45) is 0 Å². The van der Waals surface area contributed by atoms with Crippen LogP contribution >= 0.6 is 0 Å². The number of amides is 1. The topological polar surface area (TPSA) is 60.9 Å². The molecule has 5 nitrogen and oxygen atoms in total. The summed E-state index contributed by atoms with van der Waals surface area (Å²) in [5, 5.41) is 8.99. The van der Waals surface area contributed by atoms with Crippen LogP contribution in [0.5, 0.6) is 0 Å². The maximum absolute atomic E-state index is 12.8. The zero-order valence-electron chi connectivity index (χ0n) is 15.4. The molecular formula is C21H26N2O3. The second-order valence-corrected chi connectivity index (χ2v) is 6.57. The molecule has 0 saturated carbocycles. The molecule has 2 aromatic rings. The SMILES string of the molecule is CN(C)CCN(CCCc1ccccc1)C(=O)c1ccc(C(=O)O)cc1. The minimum absolute atomic E-state index is 0.0585. The van der Waals surface area contributed by atoms with E-state index >= 15 is 0 Å². The molecule has 5 heteroatoms. The lowest BCUT2D eigenvalue weighted by Gasteiger charge is -2.24. The first kappa shape index (κ1) is 19.7. The highest BCUT2D eigenvalue weighted by Crippen LogP contribution is 2.10. The molecule has 138 valence electrons. The van der Waals surface area contributed by atoms with Crippen LogP contribution in [0.15, 0.2) is 54.6 Å². The first-order valence-corrected chi connectivity index (χ1v) is 8.78. The number of hydrogen-bond acceptors (Lipinski definition) is 3. The second-order valence-electron chi connectivity index (χ2n) is 6.57. The van der Waals surface area contributed by atoms with Crippen molar-refractivity contribution in [2.45, 2.75) is 12.8 Å². The minimum atomic E-state index is -0.990. The fourth-order valence-electron chi connectivity index (χ4n) is 2.69. The van der Waals surface area contributed by atoms with Crippen LogP contribution in [0.25, 0.3) is 0 Å². The van der Waals surface area contributed by atoms with Crippen LogP contribution in [0, 0.1) is 0 Å². The van der Waals surface area contributed by atoms with Crippen molar-refractivity contribution < 1.29 is 14.7 Å². The molecule has 0 unspecified atom stereocenters. The van der Waals surface area contributed by atoms with Crippen LogP contribution in [-0.2, 0) is 6.42 Å². The van der Waals surface area contributed by atoms with Crippen molar-refractivity contribution in [1.82, 2.24) is 9.80 Å². The molecule has 0 heterocycles. The van der Waals surface area contributed by atoms with Gasteiger partial charge in [-0.2, -0.15) is 0 Å². The molecule has 0 spiro atoms. The molecule has 1 amide bonds. The Bertz CT molecular complexity index is 712. The van der Waals surface area contributed by atoms with Crippen LogP contribution < -0.4 is 0 Å². The van der Waals surface area contributed by atoms with E-state index in [9.17, 15) is 9.59 Å². The Balaban J connectivity index is 2.02. The van der Waals surface area contributed by atoms with Crippen molar-refractivity contribution in [3.05, 3.63) is 71.3 Å². The van der Waals surface area contributed by atoms with Crippen molar-refractivity contribution in [3.63, 3.8) is 0 Å². The number of aromatic carboxylic acids is 1. The summed E-state index contributed by atoms with van der Waals surface area (Å²) in [4.78, 5) is 27.7. The molecular weight excluding hydrogens is 328 g/mol. The highest BCUT2D eigenvalue weighted by molar-refractivity contribution is 5.95. The maximum Gasteiger partial charge on any atom is 0.335 e. The molecule has 0 aromatic heterocycles. The molecule has 0 bridgehead atoms. The van der Waals surface area contributed by atoms with Gasteiger partial charge in [0.25, 0.3) is 5.91 Å². The zero-order chi connectivity index (χ0) is 18.9. The molecule has 2 rings (SSSR count). The second kappa shape index (κ2) is 9.73. The average molecular weight is 354 g/mol. The Labute approximate surface area is 154 Å². The number of aryl methyl sites for hydroxylation is 1. The average Bonchev–Trinajstić information content (AvgIpc) is 2.64. The van der Waals surface area contributed by atoms with E-state index in [-0.39, 0.29) is 11.5 Å². The van der Waals surface area contributed by atoms with Crippen molar-refractivity contribution in [3.8, 4) is 0 Å². The van der Waals surface area contributed by atoms with Crippen LogP contribution in [0.2, 0.25) is 0 Å². The highest BCUT2D eigenvalue weighted by Gasteiger charge is 2.16. The molecule has 1 N–H and O–H groups in total. The first-order valence-electron chi connectivity index (χ1n) is 8.78. The van der Waals surface area contributed by atoms with Gasteiger partial charge in [-0.15, -0.1) is 0 Å². The number of carboxylic acids is 1. The lowest BCUT2D eigenvalue weighted by atomic mass is 10.1. The molecule has 0 saturated heterocycles. The lowest BCUT2D eigenvalue weighted by molar-refractivity contribution is 0.0693. The van der Waals surface area contributed by atoms with Gasteiger partial charge < -0.3 is 14.9 Å². The summed E-state index contributed by atoms with van der Waals surface area (Å²) in [5.41, 5.74) is 1.97. The zero-order valence-corrected chi connectivity index (χ0v) is 15.4. The summed E-state index contributed by atoms with van der Waals surface area (Å²) in [5.74, 6) is -1.05. The summed E-state index contributed by atoms with van der Waals surface area (Å²) < 4.78 is 0. The van der Waals surface area contributed by atoms with E-state index in [0.29, 0.717) is 18.7 Å². The molecule has 0 atom stereocenters. The van der Waals surface area contributed by atoms with Gasteiger partial charge in [0.05, 0.1) is 5.56 Å². The molecule has 0 fully saturated rings. The van der Waals surface area contributed by atoms with Crippen LogP contribution in [-0.4, -0.2) is 60.5 Å². The number of carbonyl (C=O) groups is 2.